The zero-order chi connectivity index (χ0) is 16.2. The van der Waals surface area contributed by atoms with E-state index in [4.69, 9.17) is 16.7 Å². The second-order valence-corrected chi connectivity index (χ2v) is 4.30. The van der Waals surface area contributed by atoms with Gasteiger partial charge in [-0.15, -0.1) is 0 Å². The Hall–Kier alpha value is -2.03. The largest absolute Gasteiger partial charge is 0.478 e. The van der Waals surface area contributed by atoms with Crippen molar-refractivity contribution in [1.82, 2.24) is 5.32 Å². The summed E-state index contributed by atoms with van der Waals surface area (Å²) >= 11 is 5.61. The summed E-state index contributed by atoms with van der Waals surface area (Å²) < 4.78 is 49.0. The van der Waals surface area contributed by atoms with E-state index in [0.717, 1.165) is 12.1 Å². The molecule has 1 aromatic carbocycles. The third-order valence-corrected chi connectivity index (χ3v) is 2.50. The molecule has 1 rings (SSSR count). The van der Waals surface area contributed by atoms with Crippen LogP contribution in [0.2, 0.25) is 5.02 Å². The number of amides is 2. The van der Waals surface area contributed by atoms with Crippen molar-refractivity contribution in [2.75, 3.05) is 11.9 Å². The zero-order valence-electron chi connectivity index (χ0n) is 10.2. The van der Waals surface area contributed by atoms with Gasteiger partial charge in [0.05, 0.1) is 17.8 Å². The van der Waals surface area contributed by atoms with Crippen LogP contribution in [0.15, 0.2) is 18.2 Å². The molecule has 0 aliphatic rings. The normalized spacial score (nSPS) is 11.3. The predicted molar refractivity (Wildman–Crippen MR) is 66.4 cm³/mol. The molecule has 21 heavy (non-hydrogen) atoms. The standard InChI is InChI=1S/C11H9ClF4N2O3/c12-5-1-2-6(8(19)20)7(3-5)18-10(21)17-4-11(15,16)9(13)14/h1-3,9H,4H2,(H,19,20)(H2,17,18,21). The maximum absolute atomic E-state index is 12.6. The quantitative estimate of drug-likeness (QED) is 0.727. The minimum atomic E-state index is -4.39. The van der Waals surface area contributed by atoms with Crippen LogP contribution in [0.5, 0.6) is 0 Å². The number of carboxylic acid groups (broad SMARTS) is 1. The number of halogens is 5. The lowest BCUT2D eigenvalue weighted by molar-refractivity contribution is -0.123. The van der Waals surface area contributed by atoms with Crippen LogP contribution >= 0.6 is 11.6 Å². The maximum atomic E-state index is 12.6. The highest BCUT2D eigenvalue weighted by molar-refractivity contribution is 6.31. The summed E-state index contributed by atoms with van der Waals surface area (Å²) in [6.07, 6.45) is -3.93. The van der Waals surface area contributed by atoms with E-state index in [0.29, 0.717) is 0 Å². The molecule has 0 heterocycles. The summed E-state index contributed by atoms with van der Waals surface area (Å²) in [7, 11) is 0. The molecular formula is C11H9ClF4N2O3. The van der Waals surface area contributed by atoms with E-state index >= 15 is 0 Å². The van der Waals surface area contributed by atoms with Crippen molar-refractivity contribution in [1.29, 1.82) is 0 Å². The fourth-order valence-corrected chi connectivity index (χ4v) is 1.42. The SMILES string of the molecule is O=C(NCC(F)(F)C(F)F)Nc1cc(Cl)ccc1C(=O)O. The first-order valence-corrected chi connectivity index (χ1v) is 5.75. The fourth-order valence-electron chi connectivity index (χ4n) is 1.25. The highest BCUT2D eigenvalue weighted by Gasteiger charge is 2.40. The number of carbonyl (C=O) groups excluding carboxylic acids is 1. The molecular weight excluding hydrogens is 320 g/mol. The smallest absolute Gasteiger partial charge is 0.337 e. The topological polar surface area (TPSA) is 78.4 Å². The van der Waals surface area contributed by atoms with Gasteiger partial charge in [0.2, 0.25) is 0 Å². The van der Waals surface area contributed by atoms with Crippen molar-refractivity contribution < 1.29 is 32.3 Å². The van der Waals surface area contributed by atoms with Gasteiger partial charge in [-0.05, 0) is 18.2 Å². The third kappa shape index (κ3) is 4.78. The van der Waals surface area contributed by atoms with Crippen molar-refractivity contribution in [3.8, 4) is 0 Å². The Bertz CT molecular complexity index is 554. The van der Waals surface area contributed by atoms with Crippen molar-refractivity contribution in [3.05, 3.63) is 28.8 Å². The van der Waals surface area contributed by atoms with Gasteiger partial charge in [0.25, 0.3) is 0 Å². The highest BCUT2D eigenvalue weighted by Crippen LogP contribution is 2.23. The lowest BCUT2D eigenvalue weighted by atomic mass is 10.2. The van der Waals surface area contributed by atoms with Gasteiger partial charge < -0.3 is 15.7 Å². The summed E-state index contributed by atoms with van der Waals surface area (Å²) in [4.78, 5) is 22.2. The van der Waals surface area contributed by atoms with Crippen molar-refractivity contribution >= 4 is 29.3 Å². The summed E-state index contributed by atoms with van der Waals surface area (Å²) in [6, 6.07) is 2.16. The van der Waals surface area contributed by atoms with E-state index < -0.39 is 30.9 Å². The van der Waals surface area contributed by atoms with Gasteiger partial charge in [-0.2, -0.15) is 8.78 Å². The van der Waals surface area contributed by atoms with E-state index in [2.05, 4.69) is 0 Å². The summed E-state index contributed by atoms with van der Waals surface area (Å²) in [5.41, 5.74) is -0.594. The Labute approximate surface area is 120 Å². The molecule has 1 aromatic rings. The Morgan fingerprint density at radius 1 is 1.33 bits per heavy atom. The summed E-state index contributed by atoms with van der Waals surface area (Å²) in [5.74, 6) is -5.78. The number of carboxylic acids is 1. The van der Waals surface area contributed by atoms with Crippen LogP contribution in [0.1, 0.15) is 10.4 Å². The Kier molecular flexibility index (Phi) is 5.36. The van der Waals surface area contributed by atoms with E-state index in [-0.39, 0.29) is 16.3 Å². The van der Waals surface area contributed by atoms with E-state index in [1.54, 1.807) is 0 Å². The molecule has 0 saturated carbocycles. The number of anilines is 1. The molecule has 0 radical (unpaired) electrons. The van der Waals surface area contributed by atoms with Gasteiger partial charge in [0.1, 0.15) is 0 Å². The van der Waals surface area contributed by atoms with Crippen LogP contribution in [0.25, 0.3) is 0 Å². The fraction of sp³-hybridized carbons (Fsp3) is 0.273. The molecule has 0 unspecified atom stereocenters. The lowest BCUT2D eigenvalue weighted by Crippen LogP contribution is -2.43. The van der Waals surface area contributed by atoms with Crippen LogP contribution < -0.4 is 10.6 Å². The molecule has 116 valence electrons. The minimum Gasteiger partial charge on any atom is -0.478 e. The Balaban J connectivity index is 2.76. The monoisotopic (exact) mass is 328 g/mol. The summed E-state index contributed by atoms with van der Waals surface area (Å²) in [6.45, 7) is -1.60. The molecule has 3 N–H and O–H groups in total. The van der Waals surface area contributed by atoms with Gasteiger partial charge in [-0.1, -0.05) is 11.6 Å². The number of hydrogen-bond donors (Lipinski definition) is 3. The van der Waals surface area contributed by atoms with Gasteiger partial charge in [-0.3, -0.25) is 0 Å². The Morgan fingerprint density at radius 2 is 1.95 bits per heavy atom. The molecule has 0 saturated heterocycles. The molecule has 10 heteroatoms. The molecule has 5 nitrogen and oxygen atoms in total. The van der Waals surface area contributed by atoms with E-state index in [1.807, 2.05) is 5.32 Å². The highest BCUT2D eigenvalue weighted by atomic mass is 35.5. The second-order valence-electron chi connectivity index (χ2n) is 3.86. The van der Waals surface area contributed by atoms with Gasteiger partial charge in [-0.25, -0.2) is 18.4 Å². The average molecular weight is 329 g/mol. The number of benzene rings is 1. The molecule has 0 atom stereocenters. The van der Waals surface area contributed by atoms with Gasteiger partial charge in [0.15, 0.2) is 0 Å². The molecule has 0 aliphatic heterocycles. The van der Waals surface area contributed by atoms with Crippen molar-refractivity contribution in [3.63, 3.8) is 0 Å². The van der Waals surface area contributed by atoms with E-state index in [1.165, 1.54) is 11.4 Å². The van der Waals surface area contributed by atoms with Gasteiger partial charge in [0, 0.05) is 5.02 Å². The van der Waals surface area contributed by atoms with Crippen molar-refractivity contribution in [2.24, 2.45) is 0 Å². The number of hydrogen-bond acceptors (Lipinski definition) is 2. The number of nitrogens with one attached hydrogen (secondary N) is 2. The van der Waals surface area contributed by atoms with Crippen LogP contribution in [-0.2, 0) is 0 Å². The minimum absolute atomic E-state index is 0.0909. The van der Waals surface area contributed by atoms with Crippen LogP contribution in [0.4, 0.5) is 28.0 Å². The van der Waals surface area contributed by atoms with Gasteiger partial charge >= 0.3 is 24.3 Å². The number of aromatic carboxylic acids is 1. The third-order valence-electron chi connectivity index (χ3n) is 2.26. The van der Waals surface area contributed by atoms with Crippen LogP contribution in [0, 0.1) is 0 Å². The van der Waals surface area contributed by atoms with Crippen molar-refractivity contribution in [2.45, 2.75) is 12.3 Å². The molecule has 0 aromatic heterocycles. The number of carbonyl (C=O) groups is 2. The van der Waals surface area contributed by atoms with E-state index in [9.17, 15) is 27.2 Å². The van der Waals surface area contributed by atoms with Crippen LogP contribution in [-0.4, -0.2) is 36.0 Å². The molecule has 2 amide bonds. The second kappa shape index (κ2) is 6.61. The Morgan fingerprint density at radius 3 is 2.48 bits per heavy atom. The van der Waals surface area contributed by atoms with Crippen LogP contribution in [0.3, 0.4) is 0 Å². The molecule has 0 fully saturated rings. The lowest BCUT2D eigenvalue weighted by Gasteiger charge is -2.16. The molecule has 0 spiro atoms. The first-order chi connectivity index (χ1) is 9.63. The number of rotatable bonds is 5. The average Bonchev–Trinajstić information content (AvgIpc) is 2.36. The maximum Gasteiger partial charge on any atom is 0.337 e. The number of urea groups is 1. The molecule has 0 aliphatic carbocycles. The zero-order valence-corrected chi connectivity index (χ0v) is 10.9. The number of alkyl halides is 4. The predicted octanol–water partition coefficient (Wildman–Crippen LogP) is 3.06. The molecule has 0 bridgehead atoms. The first-order valence-electron chi connectivity index (χ1n) is 5.37. The first kappa shape index (κ1) is 17.0. The summed E-state index contributed by atoms with van der Waals surface area (Å²) in [5, 5.41) is 12.4.